The van der Waals surface area contributed by atoms with Crippen molar-refractivity contribution in [1.29, 1.82) is 0 Å². The highest BCUT2D eigenvalue weighted by molar-refractivity contribution is 5.08. The van der Waals surface area contributed by atoms with Crippen molar-refractivity contribution in [3.8, 4) is 0 Å². The van der Waals surface area contributed by atoms with Gasteiger partial charge in [-0.2, -0.15) is 0 Å². The standard InChI is InChI=1S/C10H15N3O/c1-10(4-2-6-14-10)9-12-5-3-8(7-11)13-9/h3,5H,2,4,6-7,11H2,1H3. The number of rotatable bonds is 2. The van der Waals surface area contributed by atoms with Gasteiger partial charge in [0.1, 0.15) is 5.60 Å². The van der Waals surface area contributed by atoms with E-state index in [-0.39, 0.29) is 5.60 Å². The minimum absolute atomic E-state index is 0.300. The van der Waals surface area contributed by atoms with Crippen LogP contribution in [-0.4, -0.2) is 16.6 Å². The summed E-state index contributed by atoms with van der Waals surface area (Å²) in [6, 6.07) is 1.84. The average molecular weight is 193 g/mol. The first-order valence-electron chi connectivity index (χ1n) is 4.91. The van der Waals surface area contributed by atoms with Gasteiger partial charge in [-0.15, -0.1) is 0 Å². The lowest BCUT2D eigenvalue weighted by Crippen LogP contribution is -2.24. The molecule has 2 N–H and O–H groups in total. The van der Waals surface area contributed by atoms with Crippen molar-refractivity contribution in [3.05, 3.63) is 23.8 Å². The quantitative estimate of drug-likeness (QED) is 0.760. The molecule has 14 heavy (non-hydrogen) atoms. The molecule has 1 saturated heterocycles. The second-order valence-corrected chi connectivity index (χ2v) is 3.76. The maximum Gasteiger partial charge on any atom is 0.160 e. The molecule has 1 unspecified atom stereocenters. The summed E-state index contributed by atoms with van der Waals surface area (Å²) in [4.78, 5) is 8.63. The van der Waals surface area contributed by atoms with Crippen LogP contribution >= 0.6 is 0 Å². The molecule has 0 aromatic carbocycles. The zero-order valence-corrected chi connectivity index (χ0v) is 8.36. The van der Waals surface area contributed by atoms with Crippen molar-refractivity contribution in [1.82, 2.24) is 9.97 Å². The van der Waals surface area contributed by atoms with Crippen LogP contribution in [0.4, 0.5) is 0 Å². The Morgan fingerprint density at radius 2 is 2.50 bits per heavy atom. The Labute approximate surface area is 83.5 Å². The van der Waals surface area contributed by atoms with Crippen LogP contribution in [0.2, 0.25) is 0 Å². The molecule has 1 atom stereocenters. The second-order valence-electron chi connectivity index (χ2n) is 3.76. The number of aromatic nitrogens is 2. The summed E-state index contributed by atoms with van der Waals surface area (Å²) in [6.45, 7) is 3.29. The summed E-state index contributed by atoms with van der Waals surface area (Å²) in [6.07, 6.45) is 3.81. The molecular weight excluding hydrogens is 178 g/mol. The van der Waals surface area contributed by atoms with Gasteiger partial charge in [-0.25, -0.2) is 9.97 Å². The molecule has 1 aromatic rings. The van der Waals surface area contributed by atoms with Gasteiger partial charge in [0.25, 0.3) is 0 Å². The fourth-order valence-electron chi connectivity index (χ4n) is 1.72. The zero-order valence-electron chi connectivity index (χ0n) is 8.36. The second kappa shape index (κ2) is 3.63. The molecule has 0 saturated carbocycles. The molecule has 0 bridgehead atoms. The van der Waals surface area contributed by atoms with Crippen LogP contribution in [0.5, 0.6) is 0 Å². The number of hydrogen-bond donors (Lipinski definition) is 1. The van der Waals surface area contributed by atoms with Crippen molar-refractivity contribution >= 4 is 0 Å². The molecule has 1 fully saturated rings. The van der Waals surface area contributed by atoms with E-state index in [0.717, 1.165) is 31.0 Å². The van der Waals surface area contributed by atoms with Crippen LogP contribution < -0.4 is 5.73 Å². The summed E-state index contributed by atoms with van der Waals surface area (Å²) in [5.41, 5.74) is 6.10. The van der Waals surface area contributed by atoms with E-state index in [1.54, 1.807) is 6.20 Å². The van der Waals surface area contributed by atoms with Crippen molar-refractivity contribution in [3.63, 3.8) is 0 Å². The molecule has 1 aliphatic heterocycles. The van der Waals surface area contributed by atoms with E-state index in [4.69, 9.17) is 10.5 Å². The van der Waals surface area contributed by atoms with E-state index in [1.165, 1.54) is 0 Å². The molecule has 0 aliphatic carbocycles. The lowest BCUT2D eigenvalue weighted by atomic mass is 10.0. The summed E-state index contributed by atoms with van der Waals surface area (Å²) in [5.74, 6) is 0.762. The molecule has 2 rings (SSSR count). The largest absolute Gasteiger partial charge is 0.367 e. The van der Waals surface area contributed by atoms with Crippen LogP contribution in [0.15, 0.2) is 12.3 Å². The van der Waals surface area contributed by atoms with E-state index >= 15 is 0 Å². The Morgan fingerprint density at radius 3 is 3.14 bits per heavy atom. The third-order valence-electron chi connectivity index (χ3n) is 2.61. The van der Waals surface area contributed by atoms with Gasteiger partial charge in [-0.05, 0) is 25.8 Å². The predicted molar refractivity (Wildman–Crippen MR) is 52.5 cm³/mol. The van der Waals surface area contributed by atoms with E-state index in [2.05, 4.69) is 9.97 Å². The van der Waals surface area contributed by atoms with Crippen LogP contribution in [-0.2, 0) is 16.9 Å². The van der Waals surface area contributed by atoms with E-state index in [9.17, 15) is 0 Å². The number of hydrogen-bond acceptors (Lipinski definition) is 4. The SMILES string of the molecule is CC1(c2nccc(CN)n2)CCCO1. The van der Waals surface area contributed by atoms with Crippen LogP contribution in [0.1, 0.15) is 31.3 Å². The van der Waals surface area contributed by atoms with Gasteiger partial charge in [0, 0.05) is 19.3 Å². The number of ether oxygens (including phenoxy) is 1. The lowest BCUT2D eigenvalue weighted by Gasteiger charge is -2.21. The lowest BCUT2D eigenvalue weighted by molar-refractivity contribution is 0.00915. The Morgan fingerprint density at radius 1 is 1.64 bits per heavy atom. The fraction of sp³-hybridized carbons (Fsp3) is 0.600. The topological polar surface area (TPSA) is 61.0 Å². The minimum atomic E-state index is -0.300. The zero-order chi connectivity index (χ0) is 10.0. The summed E-state index contributed by atoms with van der Waals surface area (Å²) >= 11 is 0. The van der Waals surface area contributed by atoms with Crippen molar-refractivity contribution in [2.75, 3.05) is 6.61 Å². The van der Waals surface area contributed by atoms with Gasteiger partial charge in [0.15, 0.2) is 5.82 Å². The van der Waals surface area contributed by atoms with Gasteiger partial charge in [0.05, 0.1) is 5.69 Å². The van der Waals surface area contributed by atoms with Crippen LogP contribution in [0.3, 0.4) is 0 Å². The Hall–Kier alpha value is -1.00. The predicted octanol–water partition coefficient (Wildman–Crippen LogP) is 0.961. The number of nitrogens with two attached hydrogens (primary N) is 1. The average Bonchev–Trinajstić information content (AvgIpc) is 2.67. The van der Waals surface area contributed by atoms with Gasteiger partial charge < -0.3 is 10.5 Å². The monoisotopic (exact) mass is 193 g/mol. The van der Waals surface area contributed by atoms with Crippen molar-refractivity contribution in [2.24, 2.45) is 5.73 Å². The normalized spacial score (nSPS) is 26.7. The minimum Gasteiger partial charge on any atom is -0.367 e. The van der Waals surface area contributed by atoms with Crippen molar-refractivity contribution < 1.29 is 4.74 Å². The van der Waals surface area contributed by atoms with E-state index in [1.807, 2.05) is 13.0 Å². The van der Waals surface area contributed by atoms with Crippen LogP contribution in [0, 0.1) is 0 Å². The summed E-state index contributed by atoms with van der Waals surface area (Å²) in [5, 5.41) is 0. The fourth-order valence-corrected chi connectivity index (χ4v) is 1.72. The first-order chi connectivity index (χ1) is 6.74. The summed E-state index contributed by atoms with van der Waals surface area (Å²) in [7, 11) is 0. The first-order valence-corrected chi connectivity index (χ1v) is 4.91. The first kappa shape index (κ1) is 9.55. The molecule has 0 spiro atoms. The van der Waals surface area contributed by atoms with E-state index < -0.39 is 0 Å². The van der Waals surface area contributed by atoms with Gasteiger partial charge in [-0.1, -0.05) is 0 Å². The smallest absolute Gasteiger partial charge is 0.160 e. The van der Waals surface area contributed by atoms with Crippen molar-refractivity contribution in [2.45, 2.75) is 31.9 Å². The van der Waals surface area contributed by atoms with E-state index in [0.29, 0.717) is 6.54 Å². The third-order valence-corrected chi connectivity index (χ3v) is 2.61. The highest BCUT2D eigenvalue weighted by atomic mass is 16.5. The maximum absolute atomic E-state index is 5.66. The molecule has 1 aliphatic rings. The Balaban J connectivity index is 2.30. The molecule has 0 radical (unpaired) electrons. The number of nitrogens with zero attached hydrogens (tertiary/aromatic N) is 2. The molecule has 1 aromatic heterocycles. The molecule has 4 heteroatoms. The molecular formula is C10H15N3O. The van der Waals surface area contributed by atoms with Gasteiger partial charge in [0.2, 0.25) is 0 Å². The Bertz CT molecular complexity index is 321. The summed E-state index contributed by atoms with van der Waals surface area (Å²) < 4.78 is 5.66. The maximum atomic E-state index is 5.66. The molecule has 0 amide bonds. The van der Waals surface area contributed by atoms with Crippen LogP contribution in [0.25, 0.3) is 0 Å². The molecule has 76 valence electrons. The molecule has 2 heterocycles. The highest BCUT2D eigenvalue weighted by Crippen LogP contribution is 2.32. The Kier molecular flexibility index (Phi) is 2.48. The van der Waals surface area contributed by atoms with Gasteiger partial charge in [-0.3, -0.25) is 0 Å². The molecule has 4 nitrogen and oxygen atoms in total. The van der Waals surface area contributed by atoms with Gasteiger partial charge >= 0.3 is 0 Å². The highest BCUT2D eigenvalue weighted by Gasteiger charge is 2.34. The third kappa shape index (κ3) is 1.63.